The maximum absolute atomic E-state index is 5.60. The second-order valence-electron chi connectivity index (χ2n) is 3.91. The first kappa shape index (κ1) is 12.6. The van der Waals surface area contributed by atoms with Gasteiger partial charge in [-0.3, -0.25) is 0 Å². The molecule has 96 valence electrons. The van der Waals surface area contributed by atoms with Crippen molar-refractivity contribution >= 4 is 0 Å². The Kier molecular flexibility index (Phi) is 3.94. The molecule has 0 aliphatic rings. The number of rotatable bonds is 5. The van der Waals surface area contributed by atoms with Gasteiger partial charge in [0.2, 0.25) is 11.8 Å². The molecule has 5 nitrogen and oxygen atoms in total. The van der Waals surface area contributed by atoms with Gasteiger partial charge in [0.15, 0.2) is 0 Å². The minimum atomic E-state index is 0.0500. The molecule has 1 aromatic heterocycles. The molecule has 18 heavy (non-hydrogen) atoms. The Morgan fingerprint density at radius 1 is 1.28 bits per heavy atom. The lowest BCUT2D eigenvalue weighted by Crippen LogP contribution is -2.12. The lowest BCUT2D eigenvalue weighted by atomic mass is 10.2. The van der Waals surface area contributed by atoms with Crippen molar-refractivity contribution in [2.24, 2.45) is 0 Å². The van der Waals surface area contributed by atoms with Crippen LogP contribution in [0.1, 0.15) is 25.8 Å². The van der Waals surface area contributed by atoms with E-state index in [1.807, 2.05) is 45.2 Å². The molecular formula is C13H17N3O2. The van der Waals surface area contributed by atoms with Crippen LogP contribution in [0.5, 0.6) is 5.75 Å². The predicted molar refractivity (Wildman–Crippen MR) is 68.4 cm³/mol. The maximum Gasteiger partial charge on any atom is 0.247 e. The van der Waals surface area contributed by atoms with Crippen LogP contribution in [0.15, 0.2) is 28.7 Å². The van der Waals surface area contributed by atoms with Crippen LogP contribution in [0.3, 0.4) is 0 Å². The highest BCUT2D eigenvalue weighted by molar-refractivity contribution is 5.53. The van der Waals surface area contributed by atoms with E-state index in [0.717, 1.165) is 11.3 Å². The Morgan fingerprint density at radius 2 is 2.00 bits per heavy atom. The standard InChI is InChI=1S/C13H17N3O2/c1-4-17-11-7-5-10(6-8-11)13-16-15-12(18-13)9(2)14-3/h5-9,14H,4H2,1-3H3. The zero-order chi connectivity index (χ0) is 13.0. The summed E-state index contributed by atoms with van der Waals surface area (Å²) in [5.41, 5.74) is 0.889. The van der Waals surface area contributed by atoms with E-state index in [-0.39, 0.29) is 6.04 Å². The molecule has 0 bridgehead atoms. The van der Waals surface area contributed by atoms with Gasteiger partial charge < -0.3 is 14.5 Å². The third-order valence-electron chi connectivity index (χ3n) is 2.66. The van der Waals surface area contributed by atoms with E-state index in [1.54, 1.807) is 0 Å². The Labute approximate surface area is 106 Å². The van der Waals surface area contributed by atoms with E-state index in [0.29, 0.717) is 18.4 Å². The van der Waals surface area contributed by atoms with Gasteiger partial charge in [-0.25, -0.2) is 0 Å². The van der Waals surface area contributed by atoms with Gasteiger partial charge in [-0.05, 0) is 45.2 Å². The second-order valence-corrected chi connectivity index (χ2v) is 3.91. The van der Waals surface area contributed by atoms with Crippen LogP contribution in [-0.2, 0) is 0 Å². The minimum absolute atomic E-state index is 0.0500. The maximum atomic E-state index is 5.60. The average molecular weight is 247 g/mol. The van der Waals surface area contributed by atoms with Gasteiger partial charge in [0, 0.05) is 5.56 Å². The Morgan fingerprint density at radius 3 is 2.61 bits per heavy atom. The van der Waals surface area contributed by atoms with Crippen LogP contribution in [0.4, 0.5) is 0 Å². The summed E-state index contributed by atoms with van der Waals surface area (Å²) in [4.78, 5) is 0. The van der Waals surface area contributed by atoms with E-state index >= 15 is 0 Å². The number of aromatic nitrogens is 2. The van der Waals surface area contributed by atoms with Crippen LogP contribution in [0.25, 0.3) is 11.5 Å². The van der Waals surface area contributed by atoms with Crippen molar-refractivity contribution in [1.82, 2.24) is 15.5 Å². The fourth-order valence-corrected chi connectivity index (χ4v) is 1.51. The molecule has 0 radical (unpaired) electrons. The smallest absolute Gasteiger partial charge is 0.247 e. The summed E-state index contributed by atoms with van der Waals surface area (Å²) in [6, 6.07) is 7.65. The first-order chi connectivity index (χ1) is 8.74. The number of hydrogen-bond donors (Lipinski definition) is 1. The molecular weight excluding hydrogens is 230 g/mol. The lowest BCUT2D eigenvalue weighted by Gasteiger charge is -2.03. The van der Waals surface area contributed by atoms with Crippen molar-refractivity contribution in [1.29, 1.82) is 0 Å². The molecule has 0 spiro atoms. The highest BCUT2D eigenvalue weighted by Crippen LogP contribution is 2.22. The SMILES string of the molecule is CCOc1ccc(-c2nnc(C(C)NC)o2)cc1. The number of hydrogen-bond acceptors (Lipinski definition) is 5. The second kappa shape index (κ2) is 5.64. The van der Waals surface area contributed by atoms with E-state index in [9.17, 15) is 0 Å². The van der Waals surface area contributed by atoms with Crippen LogP contribution in [-0.4, -0.2) is 23.9 Å². The van der Waals surface area contributed by atoms with Crippen molar-refractivity contribution in [2.45, 2.75) is 19.9 Å². The van der Waals surface area contributed by atoms with Gasteiger partial charge in [-0.15, -0.1) is 10.2 Å². The molecule has 1 heterocycles. The molecule has 0 fully saturated rings. The average Bonchev–Trinajstić information content (AvgIpc) is 2.89. The van der Waals surface area contributed by atoms with Gasteiger partial charge in [-0.2, -0.15) is 0 Å². The number of ether oxygens (including phenoxy) is 1. The molecule has 2 rings (SSSR count). The normalized spacial score (nSPS) is 12.4. The van der Waals surface area contributed by atoms with Crippen LogP contribution in [0.2, 0.25) is 0 Å². The number of benzene rings is 1. The largest absolute Gasteiger partial charge is 0.494 e. The van der Waals surface area contributed by atoms with Crippen molar-refractivity contribution in [3.8, 4) is 17.2 Å². The number of nitrogens with one attached hydrogen (secondary N) is 1. The van der Waals surface area contributed by atoms with Crippen LogP contribution < -0.4 is 10.1 Å². The molecule has 1 N–H and O–H groups in total. The van der Waals surface area contributed by atoms with Gasteiger partial charge in [0.05, 0.1) is 12.6 Å². The lowest BCUT2D eigenvalue weighted by molar-refractivity contribution is 0.340. The summed E-state index contributed by atoms with van der Waals surface area (Å²) in [6.45, 7) is 4.58. The quantitative estimate of drug-likeness (QED) is 0.879. The zero-order valence-corrected chi connectivity index (χ0v) is 10.8. The molecule has 1 aromatic carbocycles. The monoisotopic (exact) mass is 247 g/mol. The van der Waals surface area contributed by atoms with Crippen molar-refractivity contribution in [3.63, 3.8) is 0 Å². The summed E-state index contributed by atoms with van der Waals surface area (Å²) < 4.78 is 11.0. The van der Waals surface area contributed by atoms with E-state index in [4.69, 9.17) is 9.15 Å². The summed E-state index contributed by atoms with van der Waals surface area (Å²) in [5.74, 6) is 1.95. The van der Waals surface area contributed by atoms with Gasteiger partial charge in [-0.1, -0.05) is 0 Å². The van der Waals surface area contributed by atoms with Crippen LogP contribution in [0, 0.1) is 0 Å². The molecule has 1 unspecified atom stereocenters. The van der Waals surface area contributed by atoms with E-state index < -0.39 is 0 Å². The molecule has 0 saturated heterocycles. The molecule has 1 atom stereocenters. The van der Waals surface area contributed by atoms with Crippen molar-refractivity contribution < 1.29 is 9.15 Å². The Balaban J connectivity index is 2.18. The third kappa shape index (κ3) is 2.68. The molecule has 5 heteroatoms. The third-order valence-corrected chi connectivity index (χ3v) is 2.66. The molecule has 0 saturated carbocycles. The number of nitrogens with zero attached hydrogens (tertiary/aromatic N) is 2. The summed E-state index contributed by atoms with van der Waals surface area (Å²) in [7, 11) is 1.85. The molecule has 2 aromatic rings. The fraction of sp³-hybridized carbons (Fsp3) is 0.385. The molecule has 0 aliphatic carbocycles. The highest BCUT2D eigenvalue weighted by atomic mass is 16.5. The van der Waals surface area contributed by atoms with Gasteiger partial charge in [0.25, 0.3) is 0 Å². The Hall–Kier alpha value is -1.88. The molecule has 0 aliphatic heterocycles. The zero-order valence-electron chi connectivity index (χ0n) is 10.8. The van der Waals surface area contributed by atoms with E-state index in [1.165, 1.54) is 0 Å². The Bertz CT molecular complexity index is 493. The first-order valence-electron chi connectivity index (χ1n) is 5.98. The van der Waals surface area contributed by atoms with Gasteiger partial charge in [0.1, 0.15) is 5.75 Å². The topological polar surface area (TPSA) is 60.2 Å². The minimum Gasteiger partial charge on any atom is -0.494 e. The highest BCUT2D eigenvalue weighted by Gasteiger charge is 2.13. The summed E-state index contributed by atoms with van der Waals surface area (Å²) in [5, 5.41) is 11.1. The molecule has 0 amide bonds. The van der Waals surface area contributed by atoms with E-state index in [2.05, 4.69) is 15.5 Å². The van der Waals surface area contributed by atoms with Gasteiger partial charge >= 0.3 is 0 Å². The fourth-order valence-electron chi connectivity index (χ4n) is 1.51. The van der Waals surface area contributed by atoms with Crippen molar-refractivity contribution in [2.75, 3.05) is 13.7 Å². The summed E-state index contributed by atoms with van der Waals surface area (Å²) in [6.07, 6.45) is 0. The van der Waals surface area contributed by atoms with Crippen LogP contribution >= 0.6 is 0 Å². The van der Waals surface area contributed by atoms with Crippen molar-refractivity contribution in [3.05, 3.63) is 30.2 Å². The first-order valence-corrected chi connectivity index (χ1v) is 5.98. The summed E-state index contributed by atoms with van der Waals surface area (Å²) >= 11 is 0. The predicted octanol–water partition coefficient (Wildman–Crippen LogP) is 2.42.